The van der Waals surface area contributed by atoms with Crippen LogP contribution in [-0.2, 0) is 4.79 Å². The lowest BCUT2D eigenvalue weighted by atomic mass is 10.0. The third kappa shape index (κ3) is 4.45. The highest BCUT2D eigenvalue weighted by Crippen LogP contribution is 2.34. The number of H-pyrrole nitrogens is 2. The van der Waals surface area contributed by atoms with Gasteiger partial charge in [-0.25, -0.2) is 4.98 Å². The number of rotatable bonds is 6. The Morgan fingerprint density at radius 2 is 1.76 bits per heavy atom. The molecule has 5 heterocycles. The Bertz CT molecular complexity index is 1730. The molecule has 0 radical (unpaired) electrons. The van der Waals surface area contributed by atoms with Gasteiger partial charge in [-0.2, -0.15) is 5.10 Å². The molecule has 6 rings (SSSR count). The predicted molar refractivity (Wildman–Crippen MR) is 146 cm³/mol. The minimum atomic E-state index is -0.0235. The largest absolute Gasteiger partial charge is 0.353 e. The lowest BCUT2D eigenvalue weighted by Gasteiger charge is -2.08. The number of anilines is 1. The summed E-state index contributed by atoms with van der Waals surface area (Å²) in [5, 5.41) is 12.5. The van der Waals surface area contributed by atoms with Crippen LogP contribution in [0.3, 0.4) is 0 Å². The molecule has 0 aliphatic heterocycles. The average molecular weight is 488 g/mol. The summed E-state index contributed by atoms with van der Waals surface area (Å²) in [6.07, 6.45) is 9.26. The first-order valence-electron chi connectivity index (χ1n) is 12.2. The summed E-state index contributed by atoms with van der Waals surface area (Å²) in [6.45, 7) is 4.04. The monoisotopic (exact) mass is 487 g/mol. The number of aromatic nitrogens is 6. The number of hydrogen-bond acceptors (Lipinski definition) is 5. The Labute approximate surface area is 213 Å². The molecule has 0 aliphatic carbocycles. The van der Waals surface area contributed by atoms with Gasteiger partial charge in [0.2, 0.25) is 5.91 Å². The van der Waals surface area contributed by atoms with Crippen molar-refractivity contribution in [1.29, 1.82) is 0 Å². The van der Waals surface area contributed by atoms with Crippen LogP contribution in [0.4, 0.5) is 5.69 Å². The van der Waals surface area contributed by atoms with Gasteiger partial charge in [0.1, 0.15) is 0 Å². The maximum Gasteiger partial charge on any atom is 0.224 e. The molecule has 1 amide bonds. The first kappa shape index (κ1) is 22.6. The summed E-state index contributed by atoms with van der Waals surface area (Å²) in [6, 6.07) is 16.3. The molecule has 182 valence electrons. The Morgan fingerprint density at radius 1 is 0.919 bits per heavy atom. The maximum absolute atomic E-state index is 12.2. The van der Waals surface area contributed by atoms with Gasteiger partial charge in [0.25, 0.3) is 0 Å². The van der Waals surface area contributed by atoms with Crippen LogP contribution in [0.2, 0.25) is 0 Å². The minimum absolute atomic E-state index is 0.0235. The predicted octanol–water partition coefficient (Wildman–Crippen LogP) is 6.21. The number of nitrogens with zero attached hydrogens (tertiary/aromatic N) is 4. The van der Waals surface area contributed by atoms with E-state index in [1.54, 1.807) is 31.0 Å². The highest BCUT2D eigenvalue weighted by Gasteiger charge is 2.15. The molecule has 0 saturated heterocycles. The Morgan fingerprint density at radius 3 is 2.59 bits per heavy atom. The molecule has 0 aliphatic rings. The van der Waals surface area contributed by atoms with Gasteiger partial charge in [-0.1, -0.05) is 26.0 Å². The standard InChI is InChI=1S/C29H25N7O/c1-17(2)10-27(37)33-21-11-19(14-31-16-21)20-12-24-28(35-36-29(24)32-15-20)26-13-23-22(4-3-5-25(23)34-26)18-6-8-30-9-7-18/h3-9,11-17,34H,10H2,1-2H3,(H,33,37)(H,32,35,36). The molecule has 0 saturated carbocycles. The summed E-state index contributed by atoms with van der Waals surface area (Å²) < 4.78 is 0. The third-order valence-corrected chi connectivity index (χ3v) is 6.28. The molecule has 0 spiro atoms. The molecule has 0 bridgehead atoms. The van der Waals surface area contributed by atoms with Crippen molar-refractivity contribution >= 4 is 33.5 Å². The van der Waals surface area contributed by atoms with Crippen LogP contribution in [0.1, 0.15) is 20.3 Å². The summed E-state index contributed by atoms with van der Waals surface area (Å²) in [7, 11) is 0. The van der Waals surface area contributed by atoms with Crippen LogP contribution >= 0.6 is 0 Å². The summed E-state index contributed by atoms with van der Waals surface area (Å²) >= 11 is 0. The van der Waals surface area contributed by atoms with Crippen molar-refractivity contribution in [3.05, 3.63) is 79.5 Å². The number of amides is 1. The molecule has 5 aromatic heterocycles. The zero-order valence-electron chi connectivity index (χ0n) is 20.5. The number of aromatic amines is 2. The number of benzene rings is 1. The number of hydrogen-bond donors (Lipinski definition) is 3. The summed E-state index contributed by atoms with van der Waals surface area (Å²) in [4.78, 5) is 28.8. The zero-order valence-corrected chi connectivity index (χ0v) is 20.5. The van der Waals surface area contributed by atoms with Crippen molar-refractivity contribution in [2.24, 2.45) is 5.92 Å². The average Bonchev–Trinajstić information content (AvgIpc) is 3.52. The SMILES string of the molecule is CC(C)CC(=O)Nc1cncc(-c2cnc3n[nH]c(-c4cc5c(-c6ccncc6)cccc5[nH]4)c3c2)c1. The van der Waals surface area contributed by atoms with Gasteiger partial charge in [0.15, 0.2) is 5.65 Å². The van der Waals surface area contributed by atoms with Crippen molar-refractivity contribution < 1.29 is 4.79 Å². The highest BCUT2D eigenvalue weighted by atomic mass is 16.1. The molecular weight excluding hydrogens is 462 g/mol. The normalized spacial score (nSPS) is 11.4. The van der Waals surface area contributed by atoms with Crippen molar-refractivity contribution in [1.82, 2.24) is 30.1 Å². The van der Waals surface area contributed by atoms with E-state index in [2.05, 4.69) is 53.6 Å². The van der Waals surface area contributed by atoms with Gasteiger partial charge in [-0.15, -0.1) is 0 Å². The Hall–Kier alpha value is -4.85. The molecule has 6 aromatic rings. The van der Waals surface area contributed by atoms with Gasteiger partial charge in [0, 0.05) is 58.6 Å². The van der Waals surface area contributed by atoms with Crippen molar-refractivity contribution in [2.45, 2.75) is 20.3 Å². The van der Waals surface area contributed by atoms with Gasteiger partial charge >= 0.3 is 0 Å². The van der Waals surface area contributed by atoms with Gasteiger partial charge in [-0.3, -0.25) is 19.9 Å². The number of pyridine rings is 3. The highest BCUT2D eigenvalue weighted by molar-refractivity contribution is 6.01. The molecular formula is C29H25N7O. The van der Waals surface area contributed by atoms with Crippen LogP contribution in [0.5, 0.6) is 0 Å². The first-order chi connectivity index (χ1) is 18.0. The second kappa shape index (κ2) is 9.31. The summed E-state index contributed by atoms with van der Waals surface area (Å²) in [5.41, 5.74) is 8.09. The second-order valence-corrected chi connectivity index (χ2v) is 9.49. The van der Waals surface area contributed by atoms with E-state index in [0.717, 1.165) is 49.9 Å². The van der Waals surface area contributed by atoms with E-state index in [9.17, 15) is 4.79 Å². The molecule has 1 aromatic carbocycles. The Balaban J connectivity index is 1.38. The molecule has 37 heavy (non-hydrogen) atoms. The van der Waals surface area contributed by atoms with Crippen LogP contribution in [0.15, 0.2) is 79.5 Å². The van der Waals surface area contributed by atoms with Crippen LogP contribution in [0, 0.1) is 5.92 Å². The molecule has 0 unspecified atom stereocenters. The van der Waals surface area contributed by atoms with Crippen LogP contribution in [0.25, 0.3) is 55.6 Å². The fourth-order valence-electron chi connectivity index (χ4n) is 4.58. The molecule has 0 fully saturated rings. The zero-order chi connectivity index (χ0) is 25.4. The molecule has 8 heteroatoms. The molecule has 0 atom stereocenters. The topological polar surface area (TPSA) is 112 Å². The fourth-order valence-corrected chi connectivity index (χ4v) is 4.58. The fraction of sp³-hybridized carbons (Fsp3) is 0.138. The number of carbonyl (C=O) groups is 1. The van der Waals surface area contributed by atoms with E-state index >= 15 is 0 Å². The second-order valence-electron chi connectivity index (χ2n) is 9.49. The van der Waals surface area contributed by atoms with E-state index in [4.69, 9.17) is 0 Å². The van der Waals surface area contributed by atoms with E-state index in [1.165, 1.54) is 0 Å². The van der Waals surface area contributed by atoms with Gasteiger partial charge < -0.3 is 10.3 Å². The maximum atomic E-state index is 12.2. The lowest BCUT2D eigenvalue weighted by molar-refractivity contribution is -0.116. The third-order valence-electron chi connectivity index (χ3n) is 6.28. The van der Waals surface area contributed by atoms with Crippen molar-refractivity contribution in [3.63, 3.8) is 0 Å². The minimum Gasteiger partial charge on any atom is -0.353 e. The molecule has 3 N–H and O–H groups in total. The number of nitrogens with one attached hydrogen (secondary N) is 3. The van der Waals surface area contributed by atoms with Gasteiger partial charge in [-0.05, 0) is 53.4 Å². The van der Waals surface area contributed by atoms with Crippen LogP contribution in [-0.4, -0.2) is 36.0 Å². The van der Waals surface area contributed by atoms with Crippen molar-refractivity contribution in [3.8, 4) is 33.6 Å². The van der Waals surface area contributed by atoms with E-state index in [-0.39, 0.29) is 11.8 Å². The number of fused-ring (bicyclic) bond motifs is 2. The van der Waals surface area contributed by atoms with E-state index in [0.29, 0.717) is 17.8 Å². The number of carbonyl (C=O) groups excluding carboxylic acids is 1. The smallest absolute Gasteiger partial charge is 0.224 e. The molecule has 8 nitrogen and oxygen atoms in total. The first-order valence-corrected chi connectivity index (χ1v) is 12.2. The quantitative estimate of drug-likeness (QED) is 0.258. The lowest BCUT2D eigenvalue weighted by Crippen LogP contribution is -2.13. The van der Waals surface area contributed by atoms with E-state index in [1.807, 2.05) is 44.2 Å². The van der Waals surface area contributed by atoms with E-state index < -0.39 is 0 Å². The van der Waals surface area contributed by atoms with Gasteiger partial charge in [0.05, 0.1) is 23.3 Å². The summed E-state index contributed by atoms with van der Waals surface area (Å²) in [5.74, 6) is 0.261. The van der Waals surface area contributed by atoms with Crippen LogP contribution < -0.4 is 5.32 Å². The van der Waals surface area contributed by atoms with Crippen molar-refractivity contribution in [2.75, 3.05) is 5.32 Å². The Kier molecular flexibility index (Phi) is 5.69.